The summed E-state index contributed by atoms with van der Waals surface area (Å²) in [6, 6.07) is 6.01. The van der Waals surface area contributed by atoms with Crippen LogP contribution >= 0.6 is 11.8 Å². The van der Waals surface area contributed by atoms with Crippen LogP contribution in [0.2, 0.25) is 0 Å². The minimum Gasteiger partial charge on any atom is -0.480 e. The number of aliphatic carboxylic acids is 1. The SMILES string of the molecule is O=C1NC(C(=O)N2Cc3ccccc3CC2C(=O)O)CS1. The molecule has 0 bridgehead atoms. The number of fused-ring (bicyclic) bond motifs is 1. The molecule has 2 amide bonds. The molecule has 7 heteroatoms. The smallest absolute Gasteiger partial charge is 0.326 e. The van der Waals surface area contributed by atoms with E-state index < -0.39 is 18.1 Å². The number of hydrogen-bond acceptors (Lipinski definition) is 4. The summed E-state index contributed by atoms with van der Waals surface area (Å²) >= 11 is 1.05. The Kier molecular flexibility index (Phi) is 3.59. The number of carbonyl (C=O) groups is 3. The van der Waals surface area contributed by atoms with E-state index in [9.17, 15) is 19.5 Å². The number of nitrogens with zero attached hydrogens (tertiary/aromatic N) is 1. The lowest BCUT2D eigenvalue weighted by atomic mass is 9.93. The Bertz CT molecular complexity index is 619. The maximum absolute atomic E-state index is 12.5. The zero-order valence-corrected chi connectivity index (χ0v) is 11.9. The number of carboxylic acid groups (broad SMARTS) is 1. The Balaban J connectivity index is 1.87. The molecule has 2 aliphatic heterocycles. The van der Waals surface area contributed by atoms with E-state index in [1.165, 1.54) is 4.90 Å². The molecule has 1 aromatic rings. The Morgan fingerprint density at radius 3 is 2.62 bits per heavy atom. The molecule has 0 spiro atoms. The van der Waals surface area contributed by atoms with E-state index in [-0.39, 0.29) is 17.7 Å². The van der Waals surface area contributed by atoms with Crippen molar-refractivity contribution in [1.82, 2.24) is 10.2 Å². The molecule has 6 nitrogen and oxygen atoms in total. The van der Waals surface area contributed by atoms with Gasteiger partial charge in [-0.2, -0.15) is 0 Å². The van der Waals surface area contributed by atoms with Crippen LogP contribution in [0, 0.1) is 0 Å². The molecule has 2 heterocycles. The Hall–Kier alpha value is -2.02. The number of carbonyl (C=O) groups excluding carboxylic acids is 2. The third-order valence-corrected chi connectivity index (χ3v) is 4.67. The van der Waals surface area contributed by atoms with E-state index in [0.29, 0.717) is 12.2 Å². The average molecular weight is 306 g/mol. The Morgan fingerprint density at radius 2 is 2.00 bits per heavy atom. The summed E-state index contributed by atoms with van der Waals surface area (Å²) in [6.07, 6.45) is 0.297. The van der Waals surface area contributed by atoms with E-state index in [0.717, 1.165) is 22.9 Å². The highest BCUT2D eigenvalue weighted by Crippen LogP contribution is 2.25. The summed E-state index contributed by atoms with van der Waals surface area (Å²) in [5.41, 5.74) is 1.92. The zero-order valence-electron chi connectivity index (χ0n) is 11.1. The van der Waals surface area contributed by atoms with Crippen LogP contribution in [0.25, 0.3) is 0 Å². The van der Waals surface area contributed by atoms with Crippen LogP contribution in [0.5, 0.6) is 0 Å². The highest BCUT2D eigenvalue weighted by Gasteiger charge is 2.39. The second kappa shape index (κ2) is 5.40. The van der Waals surface area contributed by atoms with Crippen LogP contribution in [0.1, 0.15) is 11.1 Å². The first-order valence-electron chi connectivity index (χ1n) is 6.59. The summed E-state index contributed by atoms with van der Waals surface area (Å²) in [4.78, 5) is 36.6. The first-order chi connectivity index (χ1) is 10.1. The lowest BCUT2D eigenvalue weighted by molar-refractivity contribution is -0.151. The van der Waals surface area contributed by atoms with Gasteiger partial charge >= 0.3 is 5.97 Å². The molecule has 0 radical (unpaired) electrons. The molecule has 0 aliphatic carbocycles. The zero-order chi connectivity index (χ0) is 15.0. The molecule has 2 unspecified atom stereocenters. The number of benzene rings is 1. The molecule has 2 atom stereocenters. The van der Waals surface area contributed by atoms with Gasteiger partial charge in [-0.1, -0.05) is 36.0 Å². The molecule has 0 aromatic heterocycles. The number of amides is 2. The standard InChI is InChI=1S/C14H14N2O4S/c17-12(10-7-21-14(20)15-10)16-6-9-4-2-1-3-8(9)5-11(16)13(18)19/h1-4,10-11H,5-7H2,(H,15,20)(H,18,19). The van der Waals surface area contributed by atoms with Gasteiger partial charge in [0.2, 0.25) is 5.91 Å². The van der Waals surface area contributed by atoms with E-state index in [2.05, 4.69) is 5.32 Å². The van der Waals surface area contributed by atoms with Gasteiger partial charge in [0.1, 0.15) is 12.1 Å². The number of rotatable bonds is 2. The van der Waals surface area contributed by atoms with Crippen molar-refractivity contribution in [2.75, 3.05) is 5.75 Å². The topological polar surface area (TPSA) is 86.7 Å². The highest BCUT2D eigenvalue weighted by atomic mass is 32.2. The van der Waals surface area contributed by atoms with Gasteiger partial charge in [-0.25, -0.2) is 4.79 Å². The molecule has 2 N–H and O–H groups in total. The number of carboxylic acids is 1. The highest BCUT2D eigenvalue weighted by molar-refractivity contribution is 8.14. The molecule has 110 valence electrons. The number of nitrogens with one attached hydrogen (secondary N) is 1. The van der Waals surface area contributed by atoms with E-state index in [1.807, 2.05) is 24.3 Å². The molecular formula is C14H14N2O4S. The summed E-state index contributed by atoms with van der Waals surface area (Å²) in [7, 11) is 0. The lowest BCUT2D eigenvalue weighted by Gasteiger charge is -2.35. The van der Waals surface area contributed by atoms with Crippen molar-refractivity contribution in [3.8, 4) is 0 Å². The fraction of sp³-hybridized carbons (Fsp3) is 0.357. The van der Waals surface area contributed by atoms with Crippen LogP contribution in [0.3, 0.4) is 0 Å². The van der Waals surface area contributed by atoms with Crippen LogP contribution < -0.4 is 5.32 Å². The molecule has 1 aromatic carbocycles. The molecule has 1 fully saturated rings. The number of hydrogen-bond donors (Lipinski definition) is 2. The minimum absolute atomic E-state index is 0.238. The monoisotopic (exact) mass is 306 g/mol. The second-order valence-electron chi connectivity index (χ2n) is 5.09. The lowest BCUT2D eigenvalue weighted by Crippen LogP contribution is -2.54. The van der Waals surface area contributed by atoms with E-state index in [4.69, 9.17) is 0 Å². The van der Waals surface area contributed by atoms with Crippen molar-refractivity contribution >= 4 is 28.9 Å². The van der Waals surface area contributed by atoms with Gasteiger partial charge in [-0.15, -0.1) is 0 Å². The molecule has 0 saturated carbocycles. The van der Waals surface area contributed by atoms with Crippen molar-refractivity contribution in [2.24, 2.45) is 0 Å². The summed E-state index contributed by atoms with van der Waals surface area (Å²) in [5.74, 6) is -0.993. The first kappa shape index (κ1) is 13.9. The maximum Gasteiger partial charge on any atom is 0.326 e. The summed E-state index contributed by atoms with van der Waals surface area (Å²) in [5, 5.41) is 11.7. The normalized spacial score (nSPS) is 24.4. The molecule has 2 aliphatic rings. The predicted molar refractivity (Wildman–Crippen MR) is 76.9 cm³/mol. The van der Waals surface area contributed by atoms with Gasteiger partial charge in [0.15, 0.2) is 0 Å². The van der Waals surface area contributed by atoms with Gasteiger partial charge < -0.3 is 15.3 Å². The minimum atomic E-state index is -1.02. The maximum atomic E-state index is 12.5. The quantitative estimate of drug-likeness (QED) is 0.846. The van der Waals surface area contributed by atoms with Crippen molar-refractivity contribution < 1.29 is 19.5 Å². The van der Waals surface area contributed by atoms with Gasteiger partial charge in [-0.3, -0.25) is 9.59 Å². The van der Waals surface area contributed by atoms with Crippen LogP contribution in [-0.4, -0.2) is 45.0 Å². The van der Waals surface area contributed by atoms with Gasteiger partial charge in [0.25, 0.3) is 5.24 Å². The average Bonchev–Trinajstić information content (AvgIpc) is 2.91. The van der Waals surface area contributed by atoms with Crippen LogP contribution in [0.15, 0.2) is 24.3 Å². The van der Waals surface area contributed by atoms with Crippen molar-refractivity contribution in [1.29, 1.82) is 0 Å². The summed E-state index contributed by atoms with van der Waals surface area (Å²) in [6.45, 7) is 0.267. The third-order valence-electron chi connectivity index (χ3n) is 3.79. The number of thioether (sulfide) groups is 1. The molecule has 3 rings (SSSR count). The largest absolute Gasteiger partial charge is 0.480 e. The van der Waals surface area contributed by atoms with E-state index >= 15 is 0 Å². The van der Waals surface area contributed by atoms with Crippen molar-refractivity contribution in [3.05, 3.63) is 35.4 Å². The van der Waals surface area contributed by atoms with Gasteiger partial charge in [0, 0.05) is 18.7 Å². The Morgan fingerprint density at radius 1 is 1.29 bits per heavy atom. The van der Waals surface area contributed by atoms with E-state index in [1.54, 1.807) is 0 Å². The fourth-order valence-corrected chi connectivity index (χ4v) is 3.46. The molecule has 1 saturated heterocycles. The van der Waals surface area contributed by atoms with Gasteiger partial charge in [0.05, 0.1) is 0 Å². The Labute approximate surface area is 125 Å². The summed E-state index contributed by atoms with van der Waals surface area (Å²) < 4.78 is 0. The third kappa shape index (κ3) is 2.61. The second-order valence-corrected chi connectivity index (χ2v) is 6.08. The van der Waals surface area contributed by atoms with Gasteiger partial charge in [-0.05, 0) is 11.1 Å². The van der Waals surface area contributed by atoms with Crippen LogP contribution in [0.4, 0.5) is 4.79 Å². The molecule has 21 heavy (non-hydrogen) atoms. The molecular weight excluding hydrogens is 292 g/mol. The van der Waals surface area contributed by atoms with Crippen molar-refractivity contribution in [2.45, 2.75) is 25.0 Å². The first-order valence-corrected chi connectivity index (χ1v) is 7.58. The predicted octanol–water partition coefficient (Wildman–Crippen LogP) is 0.849. The van der Waals surface area contributed by atoms with Crippen molar-refractivity contribution in [3.63, 3.8) is 0 Å². The van der Waals surface area contributed by atoms with Crippen LogP contribution in [-0.2, 0) is 22.6 Å². The fourth-order valence-electron chi connectivity index (χ4n) is 2.69.